The van der Waals surface area contributed by atoms with Crippen molar-refractivity contribution in [1.29, 1.82) is 0 Å². The van der Waals surface area contributed by atoms with Gasteiger partial charge in [-0.2, -0.15) is 0 Å². The molecule has 4 heteroatoms. The fourth-order valence-corrected chi connectivity index (χ4v) is 2.36. The second-order valence-corrected chi connectivity index (χ2v) is 5.63. The molecule has 0 aliphatic heterocycles. The second-order valence-electron chi connectivity index (χ2n) is 5.63. The average molecular weight is 332 g/mol. The first-order valence-electron chi connectivity index (χ1n) is 8.17. The van der Waals surface area contributed by atoms with Crippen molar-refractivity contribution in [2.24, 2.45) is 0 Å². The molecule has 3 aromatic rings. The first kappa shape index (κ1) is 16.6. The predicted octanol–water partition coefficient (Wildman–Crippen LogP) is 4.92. The maximum Gasteiger partial charge on any atom is 0.246 e. The van der Waals surface area contributed by atoms with Crippen molar-refractivity contribution in [1.82, 2.24) is 0 Å². The Kier molecular flexibility index (Phi) is 5.32. The van der Waals surface area contributed by atoms with Crippen molar-refractivity contribution in [3.63, 3.8) is 0 Å². The molecule has 0 bridgehead atoms. The lowest BCUT2D eigenvalue weighted by molar-refractivity contribution is -0.116. The molecule has 0 fully saturated rings. The minimum absolute atomic E-state index is 0.110. The van der Waals surface area contributed by atoms with Crippen LogP contribution < -0.4 is 15.4 Å². The number of rotatable bonds is 6. The van der Waals surface area contributed by atoms with Gasteiger partial charge in [-0.05, 0) is 43.3 Å². The van der Waals surface area contributed by atoms with Gasteiger partial charge < -0.3 is 15.4 Å². The van der Waals surface area contributed by atoms with Crippen LogP contribution in [0.25, 0.3) is 0 Å². The summed E-state index contributed by atoms with van der Waals surface area (Å²) in [7, 11) is 0. The highest BCUT2D eigenvalue weighted by Gasteiger charge is 2.15. The normalized spacial score (nSPS) is 11.4. The van der Waals surface area contributed by atoms with E-state index in [0.717, 1.165) is 17.1 Å². The zero-order valence-electron chi connectivity index (χ0n) is 14.0. The van der Waals surface area contributed by atoms with Gasteiger partial charge in [-0.25, -0.2) is 0 Å². The van der Waals surface area contributed by atoms with Crippen LogP contribution in [0.5, 0.6) is 11.5 Å². The van der Waals surface area contributed by atoms with Gasteiger partial charge in [-0.3, -0.25) is 4.79 Å². The standard InChI is InChI=1S/C21H20N2O2/c1-16(21(24)23-17-10-4-2-5-11-17)22-19-14-8-9-15-20(19)25-18-12-6-3-7-13-18/h2-16,22H,1H3,(H,23,24)/t16-/m1/s1. The number of para-hydroxylation sites is 4. The van der Waals surface area contributed by atoms with Gasteiger partial charge >= 0.3 is 0 Å². The van der Waals surface area contributed by atoms with Crippen LogP contribution in [0.1, 0.15) is 6.92 Å². The monoisotopic (exact) mass is 332 g/mol. The molecule has 3 rings (SSSR count). The number of carbonyl (C=O) groups is 1. The molecule has 1 atom stereocenters. The maximum atomic E-state index is 12.4. The SMILES string of the molecule is C[C@@H](Nc1ccccc1Oc1ccccc1)C(=O)Nc1ccccc1. The van der Waals surface area contributed by atoms with Crippen LogP contribution in [0.4, 0.5) is 11.4 Å². The topological polar surface area (TPSA) is 50.4 Å². The Labute approximate surface area is 147 Å². The third-order valence-electron chi connectivity index (χ3n) is 3.66. The van der Waals surface area contributed by atoms with E-state index >= 15 is 0 Å². The molecule has 1 amide bonds. The predicted molar refractivity (Wildman–Crippen MR) is 101 cm³/mol. The van der Waals surface area contributed by atoms with E-state index in [-0.39, 0.29) is 5.91 Å². The first-order chi connectivity index (χ1) is 12.2. The van der Waals surface area contributed by atoms with Crippen LogP contribution in [-0.4, -0.2) is 11.9 Å². The van der Waals surface area contributed by atoms with Gasteiger partial charge in [-0.15, -0.1) is 0 Å². The Morgan fingerprint density at radius 3 is 2.16 bits per heavy atom. The zero-order valence-corrected chi connectivity index (χ0v) is 14.0. The number of anilines is 2. The van der Waals surface area contributed by atoms with Gasteiger partial charge in [0.2, 0.25) is 5.91 Å². The third-order valence-corrected chi connectivity index (χ3v) is 3.66. The lowest BCUT2D eigenvalue weighted by Crippen LogP contribution is -2.31. The molecule has 0 saturated heterocycles. The number of nitrogens with one attached hydrogen (secondary N) is 2. The van der Waals surface area contributed by atoms with E-state index in [1.165, 1.54) is 0 Å². The number of benzene rings is 3. The highest BCUT2D eigenvalue weighted by molar-refractivity contribution is 5.96. The quantitative estimate of drug-likeness (QED) is 0.674. The lowest BCUT2D eigenvalue weighted by Gasteiger charge is -2.18. The smallest absolute Gasteiger partial charge is 0.246 e. The van der Waals surface area contributed by atoms with Gasteiger partial charge in [0.05, 0.1) is 5.69 Å². The third kappa shape index (κ3) is 4.61. The number of hydrogen-bond donors (Lipinski definition) is 2. The van der Waals surface area contributed by atoms with Gasteiger partial charge in [0, 0.05) is 5.69 Å². The van der Waals surface area contributed by atoms with Gasteiger partial charge in [0.25, 0.3) is 0 Å². The summed E-state index contributed by atoms with van der Waals surface area (Å²) in [5.41, 5.74) is 1.54. The lowest BCUT2D eigenvalue weighted by atomic mass is 10.2. The van der Waals surface area contributed by atoms with Crippen LogP contribution in [-0.2, 0) is 4.79 Å². The summed E-state index contributed by atoms with van der Waals surface area (Å²) in [6.07, 6.45) is 0. The van der Waals surface area contributed by atoms with Crippen LogP contribution >= 0.6 is 0 Å². The molecule has 126 valence electrons. The van der Waals surface area contributed by atoms with Gasteiger partial charge in [0.15, 0.2) is 5.75 Å². The van der Waals surface area contributed by atoms with Crippen LogP contribution in [0, 0.1) is 0 Å². The second kappa shape index (κ2) is 8.02. The summed E-state index contributed by atoms with van der Waals surface area (Å²) in [5.74, 6) is 1.31. The molecule has 0 radical (unpaired) electrons. The Morgan fingerprint density at radius 2 is 1.44 bits per heavy atom. The van der Waals surface area contributed by atoms with Gasteiger partial charge in [0.1, 0.15) is 11.8 Å². The summed E-state index contributed by atoms with van der Waals surface area (Å²) in [4.78, 5) is 12.4. The van der Waals surface area contributed by atoms with Crippen molar-refractivity contribution < 1.29 is 9.53 Å². The summed E-state index contributed by atoms with van der Waals surface area (Å²) >= 11 is 0. The maximum absolute atomic E-state index is 12.4. The van der Waals surface area contributed by atoms with E-state index in [4.69, 9.17) is 4.74 Å². The molecule has 3 aromatic carbocycles. The summed E-state index contributed by atoms with van der Waals surface area (Å²) < 4.78 is 5.91. The largest absolute Gasteiger partial charge is 0.455 e. The van der Waals surface area contributed by atoms with Crippen LogP contribution in [0.2, 0.25) is 0 Å². The minimum Gasteiger partial charge on any atom is -0.455 e. The number of ether oxygens (including phenoxy) is 1. The Balaban J connectivity index is 1.69. The molecular formula is C21H20N2O2. The van der Waals surface area contributed by atoms with Crippen molar-refractivity contribution >= 4 is 17.3 Å². The summed E-state index contributed by atoms with van der Waals surface area (Å²) in [6.45, 7) is 1.82. The molecule has 0 aliphatic carbocycles. The van der Waals surface area contributed by atoms with Crippen molar-refractivity contribution in [2.75, 3.05) is 10.6 Å². The van der Waals surface area contributed by atoms with Crippen molar-refractivity contribution in [3.05, 3.63) is 84.9 Å². The molecule has 0 heterocycles. The molecular weight excluding hydrogens is 312 g/mol. The Hall–Kier alpha value is -3.27. The van der Waals surface area contributed by atoms with E-state index < -0.39 is 6.04 Å². The Bertz CT molecular complexity index is 820. The van der Waals surface area contributed by atoms with E-state index in [9.17, 15) is 4.79 Å². The Morgan fingerprint density at radius 1 is 0.840 bits per heavy atom. The van der Waals surface area contributed by atoms with E-state index in [0.29, 0.717) is 5.75 Å². The fourth-order valence-electron chi connectivity index (χ4n) is 2.36. The van der Waals surface area contributed by atoms with E-state index in [1.807, 2.05) is 91.9 Å². The van der Waals surface area contributed by atoms with E-state index in [1.54, 1.807) is 0 Å². The molecule has 2 N–H and O–H groups in total. The molecule has 0 spiro atoms. The van der Waals surface area contributed by atoms with Gasteiger partial charge in [-0.1, -0.05) is 48.5 Å². The number of amides is 1. The molecule has 0 saturated carbocycles. The summed E-state index contributed by atoms with van der Waals surface area (Å²) in [5, 5.41) is 6.10. The van der Waals surface area contributed by atoms with Crippen molar-refractivity contribution in [3.8, 4) is 11.5 Å². The molecule has 25 heavy (non-hydrogen) atoms. The van der Waals surface area contributed by atoms with Crippen molar-refractivity contribution in [2.45, 2.75) is 13.0 Å². The van der Waals surface area contributed by atoms with Crippen LogP contribution in [0.3, 0.4) is 0 Å². The van der Waals surface area contributed by atoms with E-state index in [2.05, 4.69) is 10.6 Å². The van der Waals surface area contributed by atoms with Crippen LogP contribution in [0.15, 0.2) is 84.9 Å². The average Bonchev–Trinajstić information content (AvgIpc) is 2.65. The zero-order chi connectivity index (χ0) is 17.5. The molecule has 4 nitrogen and oxygen atoms in total. The molecule has 0 aromatic heterocycles. The highest BCUT2D eigenvalue weighted by Crippen LogP contribution is 2.29. The highest BCUT2D eigenvalue weighted by atomic mass is 16.5. The number of hydrogen-bond acceptors (Lipinski definition) is 3. The molecule has 0 aliphatic rings. The summed E-state index contributed by atoms with van der Waals surface area (Å²) in [6, 6.07) is 26.1. The fraction of sp³-hybridized carbons (Fsp3) is 0.0952. The molecule has 0 unspecified atom stereocenters. The first-order valence-corrected chi connectivity index (χ1v) is 8.17. The number of carbonyl (C=O) groups excluding carboxylic acids is 1. The minimum atomic E-state index is -0.416.